The molecule has 0 aliphatic rings. The third-order valence-electron chi connectivity index (χ3n) is 2.59. The maximum atomic E-state index is 12.3. The molecule has 0 saturated carbocycles. The van der Waals surface area contributed by atoms with Crippen molar-refractivity contribution in [3.8, 4) is 0 Å². The molecule has 1 unspecified atom stereocenters. The van der Waals surface area contributed by atoms with Crippen LogP contribution in [-0.2, 0) is 4.79 Å². The highest BCUT2D eigenvalue weighted by Crippen LogP contribution is 2.26. The molecule has 0 aliphatic carbocycles. The van der Waals surface area contributed by atoms with E-state index in [9.17, 15) is 9.59 Å². The van der Waals surface area contributed by atoms with Gasteiger partial charge in [0.1, 0.15) is 6.04 Å². The summed E-state index contributed by atoms with van der Waals surface area (Å²) in [6.07, 6.45) is 0. The first-order chi connectivity index (χ1) is 9.45. The summed E-state index contributed by atoms with van der Waals surface area (Å²) in [5, 5.41) is 5.81. The Balaban J connectivity index is 2.79. The van der Waals surface area contributed by atoms with E-state index in [-0.39, 0.29) is 11.8 Å². The van der Waals surface area contributed by atoms with Gasteiger partial charge in [0, 0.05) is 16.7 Å². The molecule has 1 aromatic carbocycles. The van der Waals surface area contributed by atoms with E-state index in [0.29, 0.717) is 17.4 Å². The Bertz CT molecular complexity index is 475. The SMILES string of the molecule is CCNC(=O)C(C)NC(=O)c1ccccc1SC(C)C. The number of rotatable bonds is 6. The molecule has 0 fully saturated rings. The van der Waals surface area contributed by atoms with Crippen molar-refractivity contribution in [2.24, 2.45) is 0 Å². The van der Waals surface area contributed by atoms with Crippen LogP contribution in [0, 0.1) is 0 Å². The number of carbonyl (C=O) groups excluding carboxylic acids is 2. The van der Waals surface area contributed by atoms with E-state index in [1.165, 1.54) is 0 Å². The molecule has 110 valence electrons. The van der Waals surface area contributed by atoms with Gasteiger partial charge in [-0.1, -0.05) is 26.0 Å². The van der Waals surface area contributed by atoms with Gasteiger partial charge in [-0.3, -0.25) is 9.59 Å². The van der Waals surface area contributed by atoms with E-state index in [4.69, 9.17) is 0 Å². The lowest BCUT2D eigenvalue weighted by Gasteiger charge is -2.15. The van der Waals surface area contributed by atoms with E-state index in [1.54, 1.807) is 24.8 Å². The van der Waals surface area contributed by atoms with E-state index in [0.717, 1.165) is 4.90 Å². The number of amides is 2. The van der Waals surface area contributed by atoms with Crippen LogP contribution in [0.25, 0.3) is 0 Å². The smallest absolute Gasteiger partial charge is 0.253 e. The summed E-state index contributed by atoms with van der Waals surface area (Å²) in [6.45, 7) is 8.24. The highest BCUT2D eigenvalue weighted by molar-refractivity contribution is 8.00. The van der Waals surface area contributed by atoms with Crippen LogP contribution >= 0.6 is 11.8 Å². The van der Waals surface area contributed by atoms with Crippen LogP contribution in [0.3, 0.4) is 0 Å². The molecule has 0 saturated heterocycles. The Morgan fingerprint density at radius 1 is 1.20 bits per heavy atom. The third kappa shape index (κ3) is 4.89. The summed E-state index contributed by atoms with van der Waals surface area (Å²) in [7, 11) is 0. The first-order valence-corrected chi connectivity index (χ1v) is 7.68. The van der Waals surface area contributed by atoms with E-state index < -0.39 is 6.04 Å². The second-order valence-electron chi connectivity index (χ2n) is 4.75. The highest BCUT2D eigenvalue weighted by atomic mass is 32.2. The van der Waals surface area contributed by atoms with Crippen LogP contribution < -0.4 is 10.6 Å². The maximum Gasteiger partial charge on any atom is 0.253 e. The second kappa shape index (κ2) is 7.94. The number of benzene rings is 1. The molecule has 0 spiro atoms. The van der Waals surface area contributed by atoms with Crippen molar-refractivity contribution in [1.82, 2.24) is 10.6 Å². The molecule has 1 rings (SSSR count). The van der Waals surface area contributed by atoms with Gasteiger partial charge in [-0.2, -0.15) is 0 Å². The Kier molecular flexibility index (Phi) is 6.58. The van der Waals surface area contributed by atoms with Gasteiger partial charge in [-0.25, -0.2) is 0 Å². The fraction of sp³-hybridized carbons (Fsp3) is 0.467. The number of thioether (sulfide) groups is 1. The molecule has 0 heterocycles. The lowest BCUT2D eigenvalue weighted by atomic mass is 10.2. The molecule has 0 radical (unpaired) electrons. The molecule has 0 aromatic heterocycles. The van der Waals surface area contributed by atoms with Crippen LogP contribution in [0.2, 0.25) is 0 Å². The molecule has 4 nitrogen and oxygen atoms in total. The van der Waals surface area contributed by atoms with Crippen molar-refractivity contribution in [3.63, 3.8) is 0 Å². The quantitative estimate of drug-likeness (QED) is 0.792. The van der Waals surface area contributed by atoms with Crippen molar-refractivity contribution in [3.05, 3.63) is 29.8 Å². The second-order valence-corrected chi connectivity index (χ2v) is 6.37. The monoisotopic (exact) mass is 294 g/mol. The minimum atomic E-state index is -0.542. The van der Waals surface area contributed by atoms with E-state index >= 15 is 0 Å². The normalized spacial score (nSPS) is 12.1. The Morgan fingerprint density at radius 3 is 2.45 bits per heavy atom. The summed E-state index contributed by atoms with van der Waals surface area (Å²) < 4.78 is 0. The molecule has 1 aromatic rings. The number of likely N-dealkylation sites (N-methyl/N-ethyl adjacent to an activating group) is 1. The van der Waals surface area contributed by atoms with Crippen molar-refractivity contribution >= 4 is 23.6 Å². The molecule has 0 bridgehead atoms. The first-order valence-electron chi connectivity index (χ1n) is 6.80. The van der Waals surface area contributed by atoms with E-state index in [1.807, 2.05) is 25.1 Å². The zero-order chi connectivity index (χ0) is 15.1. The lowest BCUT2D eigenvalue weighted by molar-refractivity contribution is -0.122. The Morgan fingerprint density at radius 2 is 1.85 bits per heavy atom. The Hall–Kier alpha value is -1.49. The van der Waals surface area contributed by atoms with Gasteiger partial charge in [0.15, 0.2) is 0 Å². The fourth-order valence-electron chi connectivity index (χ4n) is 1.68. The van der Waals surface area contributed by atoms with Crippen molar-refractivity contribution in [2.45, 2.75) is 43.9 Å². The zero-order valence-corrected chi connectivity index (χ0v) is 13.2. The standard InChI is InChI=1S/C15H22N2O2S/c1-5-16-14(18)11(4)17-15(19)12-8-6-7-9-13(12)20-10(2)3/h6-11H,5H2,1-4H3,(H,16,18)(H,17,19). The highest BCUT2D eigenvalue weighted by Gasteiger charge is 2.18. The maximum absolute atomic E-state index is 12.3. The van der Waals surface area contributed by atoms with Crippen molar-refractivity contribution < 1.29 is 9.59 Å². The van der Waals surface area contributed by atoms with Crippen LogP contribution in [0.1, 0.15) is 38.1 Å². The fourth-order valence-corrected chi connectivity index (χ4v) is 2.63. The van der Waals surface area contributed by atoms with Crippen LogP contribution in [0.15, 0.2) is 29.2 Å². The molecule has 0 aliphatic heterocycles. The predicted molar refractivity (Wildman–Crippen MR) is 83.0 cm³/mol. The van der Waals surface area contributed by atoms with Gasteiger partial charge in [-0.05, 0) is 26.0 Å². The zero-order valence-electron chi connectivity index (χ0n) is 12.4. The van der Waals surface area contributed by atoms with Crippen molar-refractivity contribution in [1.29, 1.82) is 0 Å². The average molecular weight is 294 g/mol. The number of hydrogen-bond donors (Lipinski definition) is 2. The Labute approximate surface area is 124 Å². The summed E-state index contributed by atoms with van der Waals surface area (Å²) in [5.74, 6) is -0.387. The van der Waals surface area contributed by atoms with Crippen LogP contribution in [0.5, 0.6) is 0 Å². The summed E-state index contributed by atoms with van der Waals surface area (Å²) in [6, 6.07) is 6.91. The molecular weight excluding hydrogens is 272 g/mol. The van der Waals surface area contributed by atoms with Gasteiger partial charge in [0.05, 0.1) is 5.56 Å². The van der Waals surface area contributed by atoms with E-state index in [2.05, 4.69) is 24.5 Å². The predicted octanol–water partition coefficient (Wildman–Crippen LogP) is 2.44. The molecule has 2 amide bonds. The first kappa shape index (κ1) is 16.6. The number of carbonyl (C=O) groups is 2. The van der Waals surface area contributed by atoms with Crippen molar-refractivity contribution in [2.75, 3.05) is 6.54 Å². The van der Waals surface area contributed by atoms with Crippen LogP contribution in [-0.4, -0.2) is 29.7 Å². The minimum absolute atomic E-state index is 0.171. The minimum Gasteiger partial charge on any atom is -0.355 e. The van der Waals surface area contributed by atoms with Crippen LogP contribution in [0.4, 0.5) is 0 Å². The molecule has 1 atom stereocenters. The lowest BCUT2D eigenvalue weighted by Crippen LogP contribution is -2.44. The molecule has 20 heavy (non-hydrogen) atoms. The van der Waals surface area contributed by atoms with Gasteiger partial charge in [-0.15, -0.1) is 11.8 Å². The van der Waals surface area contributed by atoms with Gasteiger partial charge >= 0.3 is 0 Å². The molecule has 2 N–H and O–H groups in total. The molecule has 5 heteroatoms. The average Bonchev–Trinajstić information content (AvgIpc) is 2.38. The van der Waals surface area contributed by atoms with Gasteiger partial charge in [0.25, 0.3) is 5.91 Å². The summed E-state index contributed by atoms with van der Waals surface area (Å²) >= 11 is 1.64. The number of nitrogens with one attached hydrogen (secondary N) is 2. The largest absolute Gasteiger partial charge is 0.355 e. The summed E-state index contributed by atoms with van der Waals surface area (Å²) in [4.78, 5) is 24.8. The van der Waals surface area contributed by atoms with Gasteiger partial charge in [0.2, 0.25) is 5.91 Å². The molecular formula is C15H22N2O2S. The summed E-state index contributed by atoms with van der Waals surface area (Å²) in [5.41, 5.74) is 0.613. The third-order valence-corrected chi connectivity index (χ3v) is 3.67. The topological polar surface area (TPSA) is 58.2 Å². The number of hydrogen-bond acceptors (Lipinski definition) is 3. The van der Waals surface area contributed by atoms with Gasteiger partial charge < -0.3 is 10.6 Å².